The van der Waals surface area contributed by atoms with E-state index in [0.717, 1.165) is 5.52 Å². The van der Waals surface area contributed by atoms with E-state index in [1.54, 1.807) is 25.1 Å². The molecule has 1 aliphatic heterocycles. The van der Waals surface area contributed by atoms with Crippen molar-refractivity contribution in [1.82, 2.24) is 9.97 Å². The molecule has 0 saturated carbocycles. The fraction of sp³-hybridized carbons (Fsp3) is 0.118. The number of anilines is 1. The van der Waals surface area contributed by atoms with Crippen molar-refractivity contribution >= 4 is 22.6 Å². The first kappa shape index (κ1) is 13.5. The predicted octanol–water partition coefficient (Wildman–Crippen LogP) is 2.92. The lowest BCUT2D eigenvalue weighted by atomic mass is 10.2. The van der Waals surface area contributed by atoms with E-state index < -0.39 is 0 Å². The number of carbonyl (C=O) groups is 1. The average molecular weight is 307 g/mol. The first-order valence-electron chi connectivity index (χ1n) is 7.15. The van der Waals surface area contributed by atoms with Crippen LogP contribution in [0.3, 0.4) is 0 Å². The van der Waals surface area contributed by atoms with Gasteiger partial charge in [0.25, 0.3) is 5.91 Å². The predicted molar refractivity (Wildman–Crippen MR) is 84.8 cm³/mol. The molecule has 0 bridgehead atoms. The minimum Gasteiger partial charge on any atom is -0.454 e. The summed E-state index contributed by atoms with van der Waals surface area (Å²) in [5.41, 5.74) is 2.97. The Labute approximate surface area is 132 Å². The standard InChI is InChI=1S/C17H13N3O3/c1-10-16(20-13-5-3-2-4-12(13)18-10)17(21)19-11-6-7-14-15(8-11)23-9-22-14/h2-8H,9H2,1H3,(H,19,21). The zero-order valence-electron chi connectivity index (χ0n) is 12.4. The molecule has 0 spiro atoms. The molecule has 1 N–H and O–H groups in total. The van der Waals surface area contributed by atoms with E-state index in [2.05, 4.69) is 15.3 Å². The van der Waals surface area contributed by atoms with Gasteiger partial charge in [-0.25, -0.2) is 9.97 Å². The number of fused-ring (bicyclic) bond motifs is 2. The minimum atomic E-state index is -0.306. The Kier molecular flexibility index (Phi) is 3.08. The molecular weight excluding hydrogens is 294 g/mol. The normalized spacial score (nSPS) is 12.4. The molecule has 4 rings (SSSR count). The Balaban J connectivity index is 1.65. The van der Waals surface area contributed by atoms with Gasteiger partial charge < -0.3 is 14.8 Å². The number of aromatic nitrogens is 2. The summed E-state index contributed by atoms with van der Waals surface area (Å²) in [6.07, 6.45) is 0. The number of benzene rings is 2. The quantitative estimate of drug-likeness (QED) is 0.788. The van der Waals surface area contributed by atoms with Gasteiger partial charge in [-0.2, -0.15) is 0 Å². The van der Waals surface area contributed by atoms with Gasteiger partial charge in [0.1, 0.15) is 5.69 Å². The van der Waals surface area contributed by atoms with Crippen LogP contribution in [-0.4, -0.2) is 22.7 Å². The molecule has 0 aliphatic carbocycles. The van der Waals surface area contributed by atoms with Gasteiger partial charge in [0, 0.05) is 11.8 Å². The molecule has 1 aliphatic rings. The summed E-state index contributed by atoms with van der Waals surface area (Å²) in [5, 5.41) is 2.82. The molecule has 2 heterocycles. The van der Waals surface area contributed by atoms with Crippen LogP contribution in [0.25, 0.3) is 11.0 Å². The molecule has 1 amide bonds. The van der Waals surface area contributed by atoms with Crippen molar-refractivity contribution in [1.29, 1.82) is 0 Å². The van der Waals surface area contributed by atoms with Crippen LogP contribution in [0.15, 0.2) is 42.5 Å². The minimum absolute atomic E-state index is 0.196. The van der Waals surface area contributed by atoms with Crippen molar-refractivity contribution < 1.29 is 14.3 Å². The Bertz CT molecular complexity index is 924. The maximum atomic E-state index is 12.5. The van der Waals surface area contributed by atoms with E-state index in [1.165, 1.54) is 0 Å². The lowest BCUT2D eigenvalue weighted by molar-refractivity contribution is 0.102. The lowest BCUT2D eigenvalue weighted by Gasteiger charge is -2.08. The summed E-state index contributed by atoms with van der Waals surface area (Å²) in [7, 11) is 0. The maximum Gasteiger partial charge on any atom is 0.276 e. The SMILES string of the molecule is Cc1nc2ccccc2nc1C(=O)Nc1ccc2c(c1)OCO2. The van der Waals surface area contributed by atoms with E-state index in [4.69, 9.17) is 9.47 Å². The van der Waals surface area contributed by atoms with E-state index in [1.807, 2.05) is 24.3 Å². The highest BCUT2D eigenvalue weighted by atomic mass is 16.7. The molecule has 2 aromatic carbocycles. The third-order valence-corrected chi connectivity index (χ3v) is 3.59. The number of para-hydroxylation sites is 2. The Hall–Kier alpha value is -3.15. The number of amides is 1. The number of rotatable bonds is 2. The summed E-state index contributed by atoms with van der Waals surface area (Å²) in [4.78, 5) is 21.3. The summed E-state index contributed by atoms with van der Waals surface area (Å²) in [6.45, 7) is 1.97. The van der Waals surface area contributed by atoms with Crippen molar-refractivity contribution in [2.45, 2.75) is 6.92 Å². The number of hydrogen-bond donors (Lipinski definition) is 1. The molecule has 0 saturated heterocycles. The zero-order chi connectivity index (χ0) is 15.8. The average Bonchev–Trinajstić information content (AvgIpc) is 3.01. The molecule has 6 nitrogen and oxygen atoms in total. The van der Waals surface area contributed by atoms with Crippen LogP contribution in [0.2, 0.25) is 0 Å². The molecule has 0 unspecified atom stereocenters. The fourth-order valence-electron chi connectivity index (χ4n) is 2.47. The largest absolute Gasteiger partial charge is 0.454 e. The van der Waals surface area contributed by atoms with Crippen LogP contribution >= 0.6 is 0 Å². The van der Waals surface area contributed by atoms with E-state index in [9.17, 15) is 4.79 Å². The highest BCUT2D eigenvalue weighted by Crippen LogP contribution is 2.34. The van der Waals surface area contributed by atoms with Gasteiger partial charge >= 0.3 is 0 Å². The van der Waals surface area contributed by atoms with Crippen LogP contribution in [0.5, 0.6) is 11.5 Å². The highest BCUT2D eigenvalue weighted by molar-refractivity contribution is 6.04. The Morgan fingerprint density at radius 1 is 1.04 bits per heavy atom. The van der Waals surface area contributed by atoms with Gasteiger partial charge in [0.2, 0.25) is 6.79 Å². The van der Waals surface area contributed by atoms with Crippen molar-refractivity contribution in [3.05, 3.63) is 53.9 Å². The molecule has 23 heavy (non-hydrogen) atoms. The molecule has 0 atom stereocenters. The van der Waals surface area contributed by atoms with Crippen molar-refractivity contribution in [3.63, 3.8) is 0 Å². The van der Waals surface area contributed by atoms with Gasteiger partial charge in [0.05, 0.1) is 16.7 Å². The second-order valence-electron chi connectivity index (χ2n) is 5.17. The topological polar surface area (TPSA) is 73.3 Å². The Morgan fingerprint density at radius 3 is 2.61 bits per heavy atom. The van der Waals surface area contributed by atoms with Crippen LogP contribution < -0.4 is 14.8 Å². The van der Waals surface area contributed by atoms with Crippen LogP contribution in [0.4, 0.5) is 5.69 Å². The molecule has 3 aromatic rings. The lowest BCUT2D eigenvalue weighted by Crippen LogP contribution is -2.16. The Morgan fingerprint density at radius 2 is 1.78 bits per heavy atom. The fourth-order valence-corrected chi connectivity index (χ4v) is 2.47. The number of ether oxygens (including phenoxy) is 2. The third-order valence-electron chi connectivity index (χ3n) is 3.59. The first-order valence-corrected chi connectivity index (χ1v) is 7.15. The number of nitrogens with one attached hydrogen (secondary N) is 1. The van der Waals surface area contributed by atoms with E-state index in [0.29, 0.717) is 34.1 Å². The molecule has 0 radical (unpaired) electrons. The number of carbonyl (C=O) groups excluding carboxylic acids is 1. The van der Waals surface area contributed by atoms with Crippen LogP contribution in [0.1, 0.15) is 16.2 Å². The van der Waals surface area contributed by atoms with Gasteiger partial charge in [-0.05, 0) is 31.2 Å². The smallest absolute Gasteiger partial charge is 0.276 e. The number of aryl methyl sites for hydroxylation is 1. The summed E-state index contributed by atoms with van der Waals surface area (Å²) >= 11 is 0. The van der Waals surface area contributed by atoms with Crippen molar-refractivity contribution in [3.8, 4) is 11.5 Å². The van der Waals surface area contributed by atoms with Gasteiger partial charge in [-0.15, -0.1) is 0 Å². The summed E-state index contributed by atoms with van der Waals surface area (Å²) in [5.74, 6) is 0.980. The second-order valence-corrected chi connectivity index (χ2v) is 5.17. The molecular formula is C17H13N3O3. The van der Waals surface area contributed by atoms with Crippen molar-refractivity contribution in [2.75, 3.05) is 12.1 Å². The van der Waals surface area contributed by atoms with Gasteiger partial charge in [-0.1, -0.05) is 12.1 Å². The van der Waals surface area contributed by atoms with E-state index >= 15 is 0 Å². The molecule has 6 heteroatoms. The molecule has 1 aromatic heterocycles. The summed E-state index contributed by atoms with van der Waals surface area (Å²) in [6, 6.07) is 12.7. The third kappa shape index (κ3) is 2.44. The van der Waals surface area contributed by atoms with Crippen molar-refractivity contribution in [2.24, 2.45) is 0 Å². The zero-order valence-corrected chi connectivity index (χ0v) is 12.4. The van der Waals surface area contributed by atoms with Crippen LogP contribution in [0, 0.1) is 6.92 Å². The monoisotopic (exact) mass is 307 g/mol. The molecule has 114 valence electrons. The highest BCUT2D eigenvalue weighted by Gasteiger charge is 2.17. The van der Waals surface area contributed by atoms with Gasteiger partial charge in [0.15, 0.2) is 11.5 Å². The first-order chi connectivity index (χ1) is 11.2. The van der Waals surface area contributed by atoms with Gasteiger partial charge in [-0.3, -0.25) is 4.79 Å². The van der Waals surface area contributed by atoms with Crippen LogP contribution in [-0.2, 0) is 0 Å². The summed E-state index contributed by atoms with van der Waals surface area (Å²) < 4.78 is 10.6. The number of nitrogens with zero attached hydrogens (tertiary/aromatic N) is 2. The maximum absolute atomic E-state index is 12.5. The second kappa shape index (κ2) is 5.24. The number of hydrogen-bond acceptors (Lipinski definition) is 5. The van der Waals surface area contributed by atoms with E-state index in [-0.39, 0.29) is 12.7 Å². The molecule has 0 fully saturated rings.